The molecule has 0 aliphatic heterocycles. The van der Waals surface area contributed by atoms with E-state index in [2.05, 4.69) is 5.32 Å². The number of carbonyl (C=O) groups excluding carboxylic acids is 1. The normalized spacial score (nSPS) is 12.0. The van der Waals surface area contributed by atoms with Gasteiger partial charge in [0.1, 0.15) is 5.82 Å². The number of amides is 1. The third kappa shape index (κ3) is 4.31. The quantitative estimate of drug-likeness (QED) is 0.899. The summed E-state index contributed by atoms with van der Waals surface area (Å²) in [5.41, 5.74) is 7.23. The van der Waals surface area contributed by atoms with Crippen molar-refractivity contribution in [3.63, 3.8) is 0 Å². The monoisotopic (exact) mass is 304 g/mol. The average molecular weight is 304 g/mol. The topological polar surface area (TPSA) is 55.1 Å². The first-order chi connectivity index (χ1) is 9.95. The summed E-state index contributed by atoms with van der Waals surface area (Å²) in [4.78, 5) is 12.4. The molecule has 2 rings (SSSR count). The number of halogens is 1. The van der Waals surface area contributed by atoms with Gasteiger partial charge in [-0.25, -0.2) is 4.39 Å². The summed E-state index contributed by atoms with van der Waals surface area (Å²) in [6.45, 7) is 3.28. The number of carbonyl (C=O) groups is 1. The Labute approximate surface area is 127 Å². The fourth-order valence-corrected chi connectivity index (χ4v) is 2.64. The fourth-order valence-electron chi connectivity index (χ4n) is 1.82. The molecule has 0 bridgehead atoms. The summed E-state index contributed by atoms with van der Waals surface area (Å²) in [7, 11) is 0. The van der Waals surface area contributed by atoms with E-state index in [4.69, 9.17) is 5.73 Å². The molecule has 0 radical (unpaired) electrons. The van der Waals surface area contributed by atoms with Crippen LogP contribution in [-0.4, -0.2) is 5.91 Å². The molecule has 0 aliphatic carbocycles. The second-order valence-corrected chi connectivity index (χ2v) is 5.90. The van der Waals surface area contributed by atoms with Crippen molar-refractivity contribution < 1.29 is 9.18 Å². The van der Waals surface area contributed by atoms with Crippen LogP contribution in [0.5, 0.6) is 0 Å². The van der Waals surface area contributed by atoms with E-state index in [1.54, 1.807) is 18.2 Å². The van der Waals surface area contributed by atoms with Gasteiger partial charge >= 0.3 is 0 Å². The Morgan fingerprint density at radius 2 is 1.90 bits per heavy atom. The average Bonchev–Trinajstić information content (AvgIpc) is 2.42. The summed E-state index contributed by atoms with van der Waals surface area (Å²) in [5.74, 6) is -0.395. The fraction of sp³-hybridized carbons (Fsp3) is 0.188. The number of hydrogen-bond acceptors (Lipinski definition) is 3. The first-order valence-electron chi connectivity index (χ1n) is 6.56. The SMILES string of the molecule is CC(=O)Nc1ccc(Sc2ccc(C(C)N)cc2F)cc1. The van der Waals surface area contributed by atoms with E-state index in [1.807, 2.05) is 25.1 Å². The van der Waals surface area contributed by atoms with Gasteiger partial charge in [-0.05, 0) is 48.9 Å². The van der Waals surface area contributed by atoms with Crippen LogP contribution in [0, 0.1) is 5.82 Å². The van der Waals surface area contributed by atoms with Crippen LogP contribution in [0.25, 0.3) is 0 Å². The molecule has 1 atom stereocenters. The van der Waals surface area contributed by atoms with Crippen molar-refractivity contribution in [1.29, 1.82) is 0 Å². The molecule has 0 aromatic heterocycles. The number of nitrogens with two attached hydrogens (primary N) is 1. The van der Waals surface area contributed by atoms with E-state index < -0.39 is 0 Å². The zero-order chi connectivity index (χ0) is 15.4. The van der Waals surface area contributed by atoms with E-state index in [0.717, 1.165) is 16.1 Å². The van der Waals surface area contributed by atoms with Crippen LogP contribution < -0.4 is 11.1 Å². The lowest BCUT2D eigenvalue weighted by atomic mass is 10.1. The van der Waals surface area contributed by atoms with Crippen LogP contribution in [0.1, 0.15) is 25.5 Å². The highest BCUT2D eigenvalue weighted by Crippen LogP contribution is 2.31. The Kier molecular flexibility index (Phi) is 4.98. The number of benzene rings is 2. The second kappa shape index (κ2) is 6.74. The minimum atomic E-state index is -0.277. The lowest BCUT2D eigenvalue weighted by Crippen LogP contribution is -2.05. The molecule has 0 saturated carbocycles. The molecular formula is C16H17FN2OS. The minimum Gasteiger partial charge on any atom is -0.326 e. The number of rotatable bonds is 4. The van der Waals surface area contributed by atoms with Crippen LogP contribution in [0.4, 0.5) is 10.1 Å². The Bertz CT molecular complexity index is 641. The molecular weight excluding hydrogens is 287 g/mol. The van der Waals surface area contributed by atoms with Crippen molar-refractivity contribution in [2.24, 2.45) is 5.73 Å². The van der Waals surface area contributed by atoms with E-state index in [0.29, 0.717) is 4.90 Å². The van der Waals surface area contributed by atoms with Gasteiger partial charge in [-0.2, -0.15) is 0 Å². The van der Waals surface area contributed by atoms with E-state index in [1.165, 1.54) is 24.8 Å². The molecule has 21 heavy (non-hydrogen) atoms. The molecule has 0 fully saturated rings. The van der Waals surface area contributed by atoms with Crippen molar-refractivity contribution in [1.82, 2.24) is 0 Å². The Hall–Kier alpha value is -1.85. The summed E-state index contributed by atoms with van der Waals surface area (Å²) >= 11 is 1.33. The molecule has 2 aromatic rings. The van der Waals surface area contributed by atoms with Gasteiger partial charge in [-0.3, -0.25) is 4.79 Å². The number of hydrogen-bond donors (Lipinski definition) is 2. The van der Waals surface area contributed by atoms with Gasteiger partial charge in [-0.1, -0.05) is 17.8 Å². The van der Waals surface area contributed by atoms with Crippen LogP contribution in [0.3, 0.4) is 0 Å². The zero-order valence-corrected chi connectivity index (χ0v) is 12.7. The lowest BCUT2D eigenvalue weighted by molar-refractivity contribution is -0.114. The molecule has 1 unspecified atom stereocenters. The predicted molar refractivity (Wildman–Crippen MR) is 83.9 cm³/mol. The molecule has 3 N–H and O–H groups in total. The van der Waals surface area contributed by atoms with Gasteiger partial charge in [0.15, 0.2) is 0 Å². The van der Waals surface area contributed by atoms with E-state index in [-0.39, 0.29) is 17.8 Å². The van der Waals surface area contributed by atoms with Gasteiger partial charge < -0.3 is 11.1 Å². The second-order valence-electron chi connectivity index (χ2n) is 4.79. The van der Waals surface area contributed by atoms with Crippen LogP contribution >= 0.6 is 11.8 Å². The number of anilines is 1. The Morgan fingerprint density at radius 1 is 1.24 bits per heavy atom. The van der Waals surface area contributed by atoms with Gasteiger partial charge in [0, 0.05) is 28.4 Å². The zero-order valence-electron chi connectivity index (χ0n) is 11.9. The third-order valence-corrected chi connectivity index (χ3v) is 3.94. The number of nitrogens with one attached hydrogen (secondary N) is 1. The van der Waals surface area contributed by atoms with Gasteiger partial charge in [0.05, 0.1) is 0 Å². The smallest absolute Gasteiger partial charge is 0.221 e. The van der Waals surface area contributed by atoms with Crippen molar-refractivity contribution in [2.45, 2.75) is 29.7 Å². The highest BCUT2D eigenvalue weighted by molar-refractivity contribution is 7.99. The molecule has 2 aromatic carbocycles. The Morgan fingerprint density at radius 3 is 2.43 bits per heavy atom. The molecule has 0 saturated heterocycles. The Balaban J connectivity index is 2.13. The van der Waals surface area contributed by atoms with Gasteiger partial charge in [0.25, 0.3) is 0 Å². The molecule has 0 spiro atoms. The van der Waals surface area contributed by atoms with Gasteiger partial charge in [0.2, 0.25) is 5.91 Å². The third-order valence-electron chi connectivity index (χ3n) is 2.88. The molecule has 5 heteroatoms. The molecule has 0 aliphatic rings. The largest absolute Gasteiger partial charge is 0.326 e. The summed E-state index contributed by atoms with van der Waals surface area (Å²) in [5, 5.41) is 2.69. The first-order valence-corrected chi connectivity index (χ1v) is 7.38. The molecule has 0 heterocycles. The predicted octanol–water partition coefficient (Wildman–Crippen LogP) is 3.96. The van der Waals surface area contributed by atoms with Crippen molar-refractivity contribution in [3.8, 4) is 0 Å². The maximum Gasteiger partial charge on any atom is 0.221 e. The molecule has 110 valence electrons. The van der Waals surface area contributed by atoms with Crippen molar-refractivity contribution in [3.05, 3.63) is 53.8 Å². The molecule has 1 amide bonds. The highest BCUT2D eigenvalue weighted by atomic mass is 32.2. The maximum atomic E-state index is 14.0. The van der Waals surface area contributed by atoms with E-state index >= 15 is 0 Å². The summed E-state index contributed by atoms with van der Waals surface area (Å²) in [6, 6.07) is 12.1. The van der Waals surface area contributed by atoms with Crippen LogP contribution in [0.2, 0.25) is 0 Å². The highest BCUT2D eigenvalue weighted by Gasteiger charge is 2.08. The minimum absolute atomic E-state index is 0.118. The van der Waals surface area contributed by atoms with E-state index in [9.17, 15) is 9.18 Å². The molecule has 3 nitrogen and oxygen atoms in total. The van der Waals surface area contributed by atoms with Crippen LogP contribution in [0.15, 0.2) is 52.3 Å². The van der Waals surface area contributed by atoms with Crippen molar-refractivity contribution in [2.75, 3.05) is 5.32 Å². The summed E-state index contributed by atoms with van der Waals surface area (Å²) < 4.78 is 14.0. The lowest BCUT2D eigenvalue weighted by Gasteiger charge is -2.09. The standard InChI is InChI=1S/C16H17FN2OS/c1-10(18)12-3-8-16(15(17)9-12)21-14-6-4-13(5-7-14)19-11(2)20/h3-10H,18H2,1-2H3,(H,19,20). The first kappa shape index (κ1) is 15.5. The van der Waals surface area contributed by atoms with Gasteiger partial charge in [-0.15, -0.1) is 0 Å². The van der Waals surface area contributed by atoms with Crippen molar-refractivity contribution >= 4 is 23.4 Å². The van der Waals surface area contributed by atoms with Crippen LogP contribution in [-0.2, 0) is 4.79 Å². The maximum absolute atomic E-state index is 14.0. The summed E-state index contributed by atoms with van der Waals surface area (Å²) in [6.07, 6.45) is 0.